The number of halogens is 1. The van der Waals surface area contributed by atoms with Crippen LogP contribution in [-0.2, 0) is 0 Å². The minimum Gasteiger partial charge on any atom is -0.493 e. The van der Waals surface area contributed by atoms with E-state index in [1.54, 1.807) is 4.68 Å². The van der Waals surface area contributed by atoms with Crippen LogP contribution in [0, 0.1) is 6.92 Å². The van der Waals surface area contributed by atoms with Crippen molar-refractivity contribution in [1.82, 2.24) is 9.36 Å². The summed E-state index contributed by atoms with van der Waals surface area (Å²) in [7, 11) is 0. The molecule has 1 aromatic heterocycles. The molecule has 5 rings (SSSR count). The van der Waals surface area contributed by atoms with E-state index < -0.39 is 0 Å². The van der Waals surface area contributed by atoms with Gasteiger partial charge in [0.2, 0.25) is 5.88 Å². The molecule has 2 atom stereocenters. The second-order valence-corrected chi connectivity index (χ2v) is 7.79. The summed E-state index contributed by atoms with van der Waals surface area (Å²) < 4.78 is 3.59. The standard InChI is InChI=1S/C21H19ClN2O2/c1-12-2-3-14(13-4-6-15(22)7-5-13)10-18(12)19-20(25)23-16-8-9-17(11-16)24(23)21(19)26/h2-7,10,16-17,25H,8-9,11H2,1H3. The molecule has 2 unspecified atom stereocenters. The summed E-state index contributed by atoms with van der Waals surface area (Å²) in [6, 6.07) is 14.1. The Kier molecular flexibility index (Phi) is 3.35. The molecule has 0 amide bonds. The van der Waals surface area contributed by atoms with E-state index in [1.165, 1.54) is 0 Å². The second-order valence-electron chi connectivity index (χ2n) is 7.35. The summed E-state index contributed by atoms with van der Waals surface area (Å²) in [5.41, 5.74) is 4.16. The van der Waals surface area contributed by atoms with Gasteiger partial charge in [-0.15, -0.1) is 0 Å². The maximum Gasteiger partial charge on any atom is 0.278 e. The number of aromatic nitrogens is 2. The first kappa shape index (κ1) is 15.8. The number of rotatable bonds is 2. The number of aromatic hydroxyl groups is 1. The van der Waals surface area contributed by atoms with Crippen molar-refractivity contribution in [2.45, 2.75) is 38.3 Å². The van der Waals surface area contributed by atoms with Crippen molar-refractivity contribution in [2.75, 3.05) is 0 Å². The lowest BCUT2D eigenvalue weighted by Gasteiger charge is -2.16. The van der Waals surface area contributed by atoms with Gasteiger partial charge in [-0.2, -0.15) is 0 Å². The average molecular weight is 367 g/mol. The molecule has 2 aromatic carbocycles. The normalized spacial score (nSPS) is 20.5. The van der Waals surface area contributed by atoms with Gasteiger partial charge in [-0.3, -0.25) is 4.79 Å². The Balaban J connectivity index is 1.69. The molecule has 1 saturated carbocycles. The zero-order chi connectivity index (χ0) is 18.0. The molecule has 132 valence electrons. The van der Waals surface area contributed by atoms with Crippen LogP contribution in [0.4, 0.5) is 0 Å². The first-order chi connectivity index (χ1) is 12.5. The highest BCUT2D eigenvalue weighted by molar-refractivity contribution is 6.30. The Morgan fingerprint density at radius 2 is 1.65 bits per heavy atom. The summed E-state index contributed by atoms with van der Waals surface area (Å²) in [6.07, 6.45) is 3.03. The van der Waals surface area contributed by atoms with E-state index in [4.69, 9.17) is 11.6 Å². The predicted molar refractivity (Wildman–Crippen MR) is 103 cm³/mol. The molecule has 3 aromatic rings. The zero-order valence-electron chi connectivity index (χ0n) is 14.4. The van der Waals surface area contributed by atoms with Gasteiger partial charge in [0, 0.05) is 5.02 Å². The van der Waals surface area contributed by atoms with E-state index in [2.05, 4.69) is 0 Å². The van der Waals surface area contributed by atoms with E-state index in [1.807, 2.05) is 54.1 Å². The van der Waals surface area contributed by atoms with Gasteiger partial charge < -0.3 is 5.11 Å². The van der Waals surface area contributed by atoms with Crippen molar-refractivity contribution in [3.05, 3.63) is 63.4 Å². The fourth-order valence-corrected chi connectivity index (χ4v) is 4.67. The molecule has 1 N–H and O–H groups in total. The largest absolute Gasteiger partial charge is 0.493 e. The van der Waals surface area contributed by atoms with E-state index in [9.17, 15) is 9.90 Å². The van der Waals surface area contributed by atoms with Gasteiger partial charge >= 0.3 is 0 Å². The number of hydrogen-bond acceptors (Lipinski definition) is 2. The molecule has 4 nitrogen and oxygen atoms in total. The number of aryl methyl sites for hydroxylation is 1. The minimum absolute atomic E-state index is 0.0777. The van der Waals surface area contributed by atoms with Crippen LogP contribution < -0.4 is 5.56 Å². The minimum atomic E-state index is -0.0777. The van der Waals surface area contributed by atoms with Gasteiger partial charge in [0.05, 0.1) is 12.1 Å². The van der Waals surface area contributed by atoms with Crippen LogP contribution in [0.2, 0.25) is 5.02 Å². The lowest BCUT2D eigenvalue weighted by atomic mass is 9.96. The smallest absolute Gasteiger partial charge is 0.278 e. The number of hydrogen-bond donors (Lipinski definition) is 1. The average Bonchev–Trinajstić information content (AvgIpc) is 3.31. The van der Waals surface area contributed by atoms with Crippen LogP contribution in [0.3, 0.4) is 0 Å². The molecular weight excluding hydrogens is 348 g/mol. The topological polar surface area (TPSA) is 47.2 Å². The van der Waals surface area contributed by atoms with Crippen LogP contribution >= 0.6 is 11.6 Å². The molecule has 1 fully saturated rings. The van der Waals surface area contributed by atoms with Crippen molar-refractivity contribution < 1.29 is 5.11 Å². The molecule has 0 radical (unpaired) electrons. The maximum atomic E-state index is 13.1. The molecule has 1 aliphatic heterocycles. The molecule has 2 bridgehead atoms. The number of nitrogens with zero attached hydrogens (tertiary/aromatic N) is 2. The fourth-order valence-electron chi connectivity index (χ4n) is 4.54. The van der Waals surface area contributed by atoms with Crippen molar-refractivity contribution in [3.8, 4) is 28.1 Å². The van der Waals surface area contributed by atoms with Crippen LogP contribution in [0.25, 0.3) is 22.3 Å². The molecule has 1 aliphatic carbocycles. The summed E-state index contributed by atoms with van der Waals surface area (Å²) in [5.74, 6) is 0.110. The molecule has 2 heterocycles. The third-order valence-corrected chi connectivity index (χ3v) is 6.10. The maximum absolute atomic E-state index is 13.1. The highest BCUT2D eigenvalue weighted by Gasteiger charge is 2.41. The van der Waals surface area contributed by atoms with Crippen LogP contribution in [0.5, 0.6) is 5.88 Å². The van der Waals surface area contributed by atoms with E-state index in [0.717, 1.165) is 41.5 Å². The first-order valence-corrected chi connectivity index (χ1v) is 9.35. The van der Waals surface area contributed by atoms with Gasteiger partial charge in [-0.25, -0.2) is 9.36 Å². The third-order valence-electron chi connectivity index (χ3n) is 5.85. The van der Waals surface area contributed by atoms with Crippen molar-refractivity contribution in [2.24, 2.45) is 0 Å². The van der Waals surface area contributed by atoms with Crippen molar-refractivity contribution in [1.29, 1.82) is 0 Å². The number of benzene rings is 2. The van der Waals surface area contributed by atoms with Gasteiger partial charge in [0.25, 0.3) is 5.56 Å². The first-order valence-electron chi connectivity index (χ1n) is 8.97. The Hall–Kier alpha value is -2.46. The van der Waals surface area contributed by atoms with E-state index in [-0.39, 0.29) is 23.5 Å². The Bertz CT molecular complexity index is 1080. The molecule has 0 saturated heterocycles. The molecule has 0 spiro atoms. The van der Waals surface area contributed by atoms with E-state index in [0.29, 0.717) is 10.6 Å². The summed E-state index contributed by atoms with van der Waals surface area (Å²) >= 11 is 5.99. The van der Waals surface area contributed by atoms with Crippen LogP contribution in [0.15, 0.2) is 47.3 Å². The Morgan fingerprint density at radius 1 is 1.00 bits per heavy atom. The third kappa shape index (κ3) is 2.12. The van der Waals surface area contributed by atoms with Crippen molar-refractivity contribution >= 4 is 11.6 Å². The molecule has 2 aliphatic rings. The zero-order valence-corrected chi connectivity index (χ0v) is 15.2. The molecule has 5 heteroatoms. The highest BCUT2D eigenvalue weighted by Crippen LogP contribution is 2.48. The fraction of sp³-hybridized carbons (Fsp3) is 0.286. The number of fused-ring (bicyclic) bond motifs is 5. The van der Waals surface area contributed by atoms with Crippen LogP contribution in [0.1, 0.15) is 36.9 Å². The quantitative estimate of drug-likeness (QED) is 0.699. The molecular formula is C21H19ClN2O2. The second kappa shape index (κ2) is 5.52. The lowest BCUT2D eigenvalue weighted by molar-refractivity contribution is 0.322. The predicted octanol–water partition coefficient (Wildman–Crippen LogP) is 4.93. The van der Waals surface area contributed by atoms with Gasteiger partial charge in [-0.1, -0.05) is 35.9 Å². The van der Waals surface area contributed by atoms with E-state index >= 15 is 0 Å². The summed E-state index contributed by atoms with van der Waals surface area (Å²) in [5, 5.41) is 11.5. The summed E-state index contributed by atoms with van der Waals surface area (Å²) in [4.78, 5) is 13.1. The summed E-state index contributed by atoms with van der Waals surface area (Å²) in [6.45, 7) is 1.97. The van der Waals surface area contributed by atoms with Gasteiger partial charge in [-0.05, 0) is 66.6 Å². The molecule has 26 heavy (non-hydrogen) atoms. The monoisotopic (exact) mass is 366 g/mol. The Morgan fingerprint density at radius 3 is 2.35 bits per heavy atom. The van der Waals surface area contributed by atoms with Gasteiger partial charge in [0.1, 0.15) is 5.56 Å². The Labute approximate surface area is 156 Å². The SMILES string of the molecule is Cc1ccc(-c2ccc(Cl)cc2)cc1-c1c(O)n2n(c1=O)C1CCC2C1. The highest BCUT2D eigenvalue weighted by atomic mass is 35.5. The van der Waals surface area contributed by atoms with Crippen molar-refractivity contribution in [3.63, 3.8) is 0 Å². The lowest BCUT2D eigenvalue weighted by Crippen LogP contribution is -2.24. The van der Waals surface area contributed by atoms with Gasteiger partial charge in [0.15, 0.2) is 0 Å². The van der Waals surface area contributed by atoms with Crippen LogP contribution in [-0.4, -0.2) is 14.5 Å².